The maximum atomic E-state index is 6.03. The molecule has 3 heterocycles. The third-order valence-electron chi connectivity index (χ3n) is 3.99. The molecule has 0 aromatic rings. The second-order valence-corrected chi connectivity index (χ2v) is 7.21. The van der Waals surface area contributed by atoms with E-state index in [1.807, 2.05) is 34.6 Å². The fourth-order valence-corrected chi connectivity index (χ4v) is 3.38. The van der Waals surface area contributed by atoms with E-state index in [-0.39, 0.29) is 18.3 Å². The van der Waals surface area contributed by atoms with Crippen LogP contribution in [0.4, 0.5) is 0 Å². The minimum Gasteiger partial charge on any atom is -0.462 e. The van der Waals surface area contributed by atoms with Gasteiger partial charge in [0.1, 0.15) is 12.2 Å². The molecular weight excluding hydrogens is 322 g/mol. The lowest BCUT2D eigenvalue weighted by Gasteiger charge is -2.29. The third-order valence-corrected chi connectivity index (χ3v) is 4.23. The number of fused-ring (bicyclic) bond motifs is 1. The molecule has 3 aliphatic rings. The first-order valence-corrected chi connectivity index (χ1v) is 8.39. The molecule has 0 aromatic carbocycles. The Labute approximate surface area is 141 Å². The van der Waals surface area contributed by atoms with Gasteiger partial charge in [-0.05, 0) is 46.8 Å². The van der Waals surface area contributed by atoms with Crippen molar-refractivity contribution in [2.24, 2.45) is 0 Å². The zero-order valence-corrected chi connectivity index (χ0v) is 15.0. The lowest BCUT2D eigenvalue weighted by Crippen LogP contribution is -2.46. The van der Waals surface area contributed by atoms with Crippen LogP contribution in [0.1, 0.15) is 34.6 Å². The molecule has 23 heavy (non-hydrogen) atoms. The first-order valence-electron chi connectivity index (χ1n) is 7.98. The number of hydrogen-bond donors (Lipinski definition) is 1. The Morgan fingerprint density at radius 1 is 1.13 bits per heavy atom. The van der Waals surface area contributed by atoms with Crippen molar-refractivity contribution < 1.29 is 28.4 Å². The number of rotatable bonds is 3. The summed E-state index contributed by atoms with van der Waals surface area (Å²) in [6.07, 6.45) is -1.92. The average molecular weight is 347 g/mol. The van der Waals surface area contributed by atoms with Gasteiger partial charge in [-0.3, -0.25) is 0 Å². The van der Waals surface area contributed by atoms with Crippen LogP contribution in [0.15, 0.2) is 0 Å². The summed E-state index contributed by atoms with van der Waals surface area (Å²) in [4.78, 5) is 0. The van der Waals surface area contributed by atoms with Crippen molar-refractivity contribution in [3.8, 4) is 0 Å². The van der Waals surface area contributed by atoms with Crippen molar-refractivity contribution >= 4 is 17.4 Å². The van der Waals surface area contributed by atoms with E-state index < -0.39 is 24.0 Å². The van der Waals surface area contributed by atoms with Gasteiger partial charge in [-0.25, -0.2) is 0 Å². The quantitative estimate of drug-likeness (QED) is 0.766. The van der Waals surface area contributed by atoms with E-state index in [0.717, 1.165) is 0 Å². The summed E-state index contributed by atoms with van der Waals surface area (Å²) >= 11 is 5.22. The highest BCUT2D eigenvalue weighted by atomic mass is 32.1. The van der Waals surface area contributed by atoms with Crippen molar-refractivity contribution in [1.82, 2.24) is 5.32 Å². The molecule has 0 radical (unpaired) electrons. The lowest BCUT2D eigenvalue weighted by atomic mass is 10.1. The van der Waals surface area contributed by atoms with Gasteiger partial charge in [0, 0.05) is 6.54 Å². The maximum Gasteiger partial charge on any atom is 0.257 e. The molecule has 3 saturated heterocycles. The first kappa shape index (κ1) is 17.3. The minimum atomic E-state index is -0.714. The molecule has 132 valence electrons. The van der Waals surface area contributed by atoms with E-state index in [9.17, 15) is 0 Å². The van der Waals surface area contributed by atoms with Gasteiger partial charge in [0.2, 0.25) is 0 Å². The van der Waals surface area contributed by atoms with E-state index in [2.05, 4.69) is 5.32 Å². The van der Waals surface area contributed by atoms with E-state index in [4.69, 9.17) is 40.6 Å². The van der Waals surface area contributed by atoms with Crippen LogP contribution in [-0.4, -0.2) is 60.6 Å². The molecule has 0 aromatic heterocycles. The summed E-state index contributed by atoms with van der Waals surface area (Å²) < 4.78 is 35.2. The van der Waals surface area contributed by atoms with Crippen molar-refractivity contribution in [3.05, 3.63) is 0 Å². The van der Waals surface area contributed by atoms with Gasteiger partial charge in [-0.15, -0.1) is 0 Å². The highest BCUT2D eigenvalue weighted by Crippen LogP contribution is 2.41. The Morgan fingerprint density at radius 3 is 2.48 bits per heavy atom. The Hall–Kier alpha value is -0.510. The number of hydrogen-bond acceptors (Lipinski definition) is 7. The lowest BCUT2D eigenvalue weighted by molar-refractivity contribution is -0.231. The zero-order valence-electron chi connectivity index (χ0n) is 14.2. The highest BCUT2D eigenvalue weighted by Gasteiger charge is 2.59. The van der Waals surface area contributed by atoms with Gasteiger partial charge in [-0.2, -0.15) is 0 Å². The number of ether oxygens (including phenoxy) is 6. The molecule has 0 aliphatic carbocycles. The molecule has 0 bridgehead atoms. The summed E-state index contributed by atoms with van der Waals surface area (Å²) in [5.41, 5.74) is 0. The third kappa shape index (κ3) is 3.62. The smallest absolute Gasteiger partial charge is 0.257 e. The summed E-state index contributed by atoms with van der Waals surface area (Å²) in [7, 11) is 0. The van der Waals surface area contributed by atoms with Crippen LogP contribution in [-0.2, 0) is 28.4 Å². The van der Waals surface area contributed by atoms with E-state index in [1.165, 1.54) is 0 Å². The second kappa shape index (κ2) is 6.09. The predicted octanol–water partition coefficient (Wildman–Crippen LogP) is 1.29. The molecule has 3 aliphatic heterocycles. The molecule has 3 rings (SSSR count). The monoisotopic (exact) mass is 347 g/mol. The molecular formula is C15H25NO6S. The van der Waals surface area contributed by atoms with Gasteiger partial charge in [-0.1, -0.05) is 0 Å². The molecule has 0 saturated carbocycles. The molecule has 7 nitrogen and oxygen atoms in total. The predicted molar refractivity (Wildman–Crippen MR) is 84.7 cm³/mol. The fourth-order valence-electron chi connectivity index (χ4n) is 3.12. The molecule has 1 N–H and O–H groups in total. The van der Waals surface area contributed by atoms with Crippen LogP contribution in [0.3, 0.4) is 0 Å². The molecule has 8 heteroatoms. The largest absolute Gasteiger partial charge is 0.462 e. The first-order chi connectivity index (χ1) is 10.7. The van der Waals surface area contributed by atoms with Crippen LogP contribution in [0.2, 0.25) is 0 Å². The number of thiocarbonyl (C=S) groups is 1. The zero-order chi connectivity index (χ0) is 16.8. The van der Waals surface area contributed by atoms with Gasteiger partial charge in [0.15, 0.2) is 30.1 Å². The Kier molecular flexibility index (Phi) is 4.59. The van der Waals surface area contributed by atoms with Crippen LogP contribution < -0.4 is 5.32 Å². The van der Waals surface area contributed by atoms with Crippen LogP contribution in [0.5, 0.6) is 0 Å². The van der Waals surface area contributed by atoms with Gasteiger partial charge in [0.25, 0.3) is 5.17 Å². The fraction of sp³-hybridized carbons (Fsp3) is 0.933. The topological polar surface area (TPSA) is 67.4 Å². The Morgan fingerprint density at radius 2 is 1.87 bits per heavy atom. The van der Waals surface area contributed by atoms with Gasteiger partial charge >= 0.3 is 0 Å². The summed E-state index contributed by atoms with van der Waals surface area (Å²) in [6, 6.07) is 0. The van der Waals surface area contributed by atoms with Gasteiger partial charge < -0.3 is 33.7 Å². The standard InChI is InChI=1S/C15H25NO6S/c1-6-16-13(23)19-10-9(8-7-17-14(2,3)20-8)18-12-11(10)21-15(4,5)22-12/h8-12H,6-7H2,1-5H3,(H,16,23)/t8-,9-,10+,11-,12-/m1/s1. The highest BCUT2D eigenvalue weighted by molar-refractivity contribution is 7.80. The number of nitrogens with one attached hydrogen (secondary N) is 1. The molecule has 5 atom stereocenters. The van der Waals surface area contributed by atoms with Crippen molar-refractivity contribution in [2.75, 3.05) is 13.2 Å². The summed E-state index contributed by atoms with van der Waals surface area (Å²) in [5, 5.41) is 3.30. The van der Waals surface area contributed by atoms with Gasteiger partial charge in [0.05, 0.1) is 6.61 Å². The van der Waals surface area contributed by atoms with Crippen molar-refractivity contribution in [1.29, 1.82) is 0 Å². The maximum absolute atomic E-state index is 6.03. The van der Waals surface area contributed by atoms with Crippen molar-refractivity contribution in [2.45, 2.75) is 76.9 Å². The van der Waals surface area contributed by atoms with E-state index in [1.54, 1.807) is 0 Å². The Balaban J connectivity index is 1.75. The minimum absolute atomic E-state index is 0.264. The van der Waals surface area contributed by atoms with Crippen LogP contribution in [0, 0.1) is 0 Å². The summed E-state index contributed by atoms with van der Waals surface area (Å²) in [5.74, 6) is -1.35. The molecule has 0 spiro atoms. The normalized spacial score (nSPS) is 40.8. The SMILES string of the molecule is CCNC(=S)O[C@@H]1[C@H]2OC(C)(C)O[C@H]2O[C@@H]1[C@H]1COC(C)(C)O1. The van der Waals surface area contributed by atoms with E-state index in [0.29, 0.717) is 18.3 Å². The van der Waals surface area contributed by atoms with E-state index >= 15 is 0 Å². The molecule has 0 unspecified atom stereocenters. The average Bonchev–Trinajstić information content (AvgIpc) is 3.01. The van der Waals surface area contributed by atoms with Crippen LogP contribution >= 0.6 is 12.2 Å². The Bertz CT molecular complexity index is 471. The molecule has 0 amide bonds. The molecule has 3 fully saturated rings. The second-order valence-electron chi connectivity index (χ2n) is 6.84. The summed E-state index contributed by atoms with van der Waals surface area (Å²) in [6.45, 7) is 10.5. The van der Waals surface area contributed by atoms with Crippen LogP contribution in [0.25, 0.3) is 0 Å². The van der Waals surface area contributed by atoms with Crippen molar-refractivity contribution in [3.63, 3.8) is 0 Å².